The molecule has 0 saturated carbocycles. The van der Waals surface area contributed by atoms with Gasteiger partial charge in [0.2, 0.25) is 0 Å². The summed E-state index contributed by atoms with van der Waals surface area (Å²) in [7, 11) is -0.475. The van der Waals surface area contributed by atoms with Crippen molar-refractivity contribution in [1.82, 2.24) is 4.90 Å². The first-order valence-corrected chi connectivity index (χ1v) is 13.6. The van der Waals surface area contributed by atoms with Crippen molar-refractivity contribution in [2.75, 3.05) is 6.61 Å². The lowest BCUT2D eigenvalue weighted by molar-refractivity contribution is -0.145. The largest absolute Gasteiger partial charge is 0.494 e. The highest BCUT2D eigenvalue weighted by molar-refractivity contribution is 6.62. The van der Waals surface area contributed by atoms with Crippen LogP contribution in [-0.4, -0.2) is 35.8 Å². The molecule has 1 unspecified atom stereocenters. The highest BCUT2D eigenvalue weighted by atomic mass is 16.7. The zero-order chi connectivity index (χ0) is 27.3. The van der Waals surface area contributed by atoms with Crippen molar-refractivity contribution in [2.24, 2.45) is 0 Å². The summed E-state index contributed by atoms with van der Waals surface area (Å²) in [5, 5.41) is 0. The van der Waals surface area contributed by atoms with E-state index in [2.05, 4.69) is 100 Å². The minimum absolute atomic E-state index is 0.0522. The maximum Gasteiger partial charge on any atom is 0.494 e. The molecule has 1 fully saturated rings. The summed E-state index contributed by atoms with van der Waals surface area (Å²) in [5.41, 5.74) is 3.50. The van der Waals surface area contributed by atoms with Crippen molar-refractivity contribution in [2.45, 2.75) is 77.8 Å². The fourth-order valence-electron chi connectivity index (χ4n) is 4.93. The van der Waals surface area contributed by atoms with E-state index >= 15 is 0 Å². The van der Waals surface area contributed by atoms with Gasteiger partial charge in [-0.2, -0.15) is 0 Å². The second kappa shape index (κ2) is 11.9. The lowest BCUT2D eigenvalue weighted by Crippen LogP contribution is -2.41. The standard InChI is InChI=1S/C32H40BNO4/c1-7-36-30(35)22-29(27-19-14-20-28(21-27)33-37-31(3,4)32(5,6)38-33)34(23-25-15-10-8-11-16-25)24(2)26-17-12-9-13-18-26/h8-21,24,29H,7,22-23H2,1-6H3/t24-,29?/m1/s1. The molecule has 38 heavy (non-hydrogen) atoms. The number of carbonyl (C=O) groups excluding carboxylic acids is 1. The fourth-order valence-corrected chi connectivity index (χ4v) is 4.93. The van der Waals surface area contributed by atoms with E-state index in [1.54, 1.807) is 0 Å². The van der Waals surface area contributed by atoms with Gasteiger partial charge in [-0.25, -0.2) is 0 Å². The maximum absolute atomic E-state index is 13.0. The Balaban J connectivity index is 1.75. The normalized spacial score (nSPS) is 17.8. The van der Waals surface area contributed by atoms with Crippen molar-refractivity contribution in [3.8, 4) is 0 Å². The van der Waals surface area contributed by atoms with Gasteiger partial charge in [0.15, 0.2) is 0 Å². The van der Waals surface area contributed by atoms with Crippen molar-refractivity contribution in [3.63, 3.8) is 0 Å². The number of hydrogen-bond donors (Lipinski definition) is 0. The first kappa shape index (κ1) is 28.1. The van der Waals surface area contributed by atoms with Crippen molar-refractivity contribution >= 4 is 18.6 Å². The van der Waals surface area contributed by atoms with Crippen LogP contribution in [0.5, 0.6) is 0 Å². The lowest BCUT2D eigenvalue weighted by atomic mass is 9.77. The van der Waals surface area contributed by atoms with Crippen LogP contribution >= 0.6 is 0 Å². The summed E-state index contributed by atoms with van der Waals surface area (Å²) in [6.45, 7) is 13.3. The quantitative estimate of drug-likeness (QED) is 0.237. The van der Waals surface area contributed by atoms with Crippen LogP contribution in [0.25, 0.3) is 0 Å². The van der Waals surface area contributed by atoms with Gasteiger partial charge in [-0.3, -0.25) is 9.69 Å². The zero-order valence-electron chi connectivity index (χ0n) is 23.5. The second-order valence-corrected chi connectivity index (χ2v) is 11.0. The summed E-state index contributed by atoms with van der Waals surface area (Å²) >= 11 is 0. The van der Waals surface area contributed by atoms with E-state index in [1.807, 2.05) is 31.2 Å². The topological polar surface area (TPSA) is 48.0 Å². The molecule has 0 spiro atoms. The average Bonchev–Trinajstić information content (AvgIpc) is 3.13. The molecule has 0 radical (unpaired) electrons. The van der Waals surface area contributed by atoms with Crippen molar-refractivity contribution < 1.29 is 18.8 Å². The van der Waals surface area contributed by atoms with Crippen LogP contribution in [0.15, 0.2) is 84.9 Å². The van der Waals surface area contributed by atoms with Crippen molar-refractivity contribution in [1.29, 1.82) is 0 Å². The highest BCUT2D eigenvalue weighted by Crippen LogP contribution is 2.38. The van der Waals surface area contributed by atoms with E-state index < -0.39 is 18.3 Å². The summed E-state index contributed by atoms with van der Waals surface area (Å²) < 4.78 is 18.1. The Morgan fingerprint density at radius 3 is 2.05 bits per heavy atom. The van der Waals surface area contributed by atoms with Crippen LogP contribution < -0.4 is 5.46 Å². The van der Waals surface area contributed by atoms with E-state index in [1.165, 1.54) is 11.1 Å². The molecule has 1 heterocycles. The third kappa shape index (κ3) is 6.37. The SMILES string of the molecule is CCOC(=O)CC(c1cccc(B2OC(C)(C)C(C)(C)O2)c1)N(Cc1ccccc1)[C@H](C)c1ccccc1. The minimum Gasteiger partial charge on any atom is -0.466 e. The third-order valence-electron chi connectivity index (χ3n) is 7.87. The van der Waals surface area contributed by atoms with E-state index in [9.17, 15) is 4.79 Å². The highest BCUT2D eigenvalue weighted by Gasteiger charge is 2.51. The van der Waals surface area contributed by atoms with Gasteiger partial charge in [0.1, 0.15) is 0 Å². The number of hydrogen-bond acceptors (Lipinski definition) is 5. The molecule has 1 saturated heterocycles. The molecule has 5 nitrogen and oxygen atoms in total. The Morgan fingerprint density at radius 2 is 1.45 bits per heavy atom. The molecule has 3 aromatic carbocycles. The molecule has 6 heteroatoms. The van der Waals surface area contributed by atoms with E-state index in [0.29, 0.717) is 13.2 Å². The number of esters is 1. The number of carbonyl (C=O) groups is 1. The smallest absolute Gasteiger partial charge is 0.466 e. The predicted molar refractivity (Wildman–Crippen MR) is 153 cm³/mol. The molecule has 0 N–H and O–H groups in total. The van der Waals surface area contributed by atoms with Crippen LogP contribution in [-0.2, 0) is 25.4 Å². The molecule has 1 aliphatic heterocycles. The molecule has 0 aromatic heterocycles. The molecule has 0 bridgehead atoms. The summed E-state index contributed by atoms with van der Waals surface area (Å²) in [6, 6.07) is 29.0. The van der Waals surface area contributed by atoms with Crippen molar-refractivity contribution in [3.05, 3.63) is 102 Å². The van der Waals surface area contributed by atoms with Gasteiger partial charge in [-0.15, -0.1) is 0 Å². The molecule has 200 valence electrons. The summed E-state index contributed by atoms with van der Waals surface area (Å²) in [5.74, 6) is -0.211. The van der Waals surface area contributed by atoms with Crippen LogP contribution in [0.3, 0.4) is 0 Å². The monoisotopic (exact) mass is 513 g/mol. The first-order valence-electron chi connectivity index (χ1n) is 13.6. The third-order valence-corrected chi connectivity index (χ3v) is 7.87. The minimum atomic E-state index is -0.475. The summed E-state index contributed by atoms with van der Waals surface area (Å²) in [4.78, 5) is 15.3. The number of nitrogens with zero attached hydrogens (tertiary/aromatic N) is 1. The molecular formula is C32H40BNO4. The Morgan fingerprint density at radius 1 is 0.868 bits per heavy atom. The Hall–Kier alpha value is -2.93. The maximum atomic E-state index is 13.0. The summed E-state index contributed by atoms with van der Waals surface area (Å²) in [6.07, 6.45) is 0.241. The molecule has 3 aromatic rings. The molecule has 0 aliphatic carbocycles. The zero-order valence-corrected chi connectivity index (χ0v) is 23.5. The molecular weight excluding hydrogens is 473 g/mol. The van der Waals surface area contributed by atoms with E-state index in [-0.39, 0.29) is 24.5 Å². The number of benzene rings is 3. The van der Waals surface area contributed by atoms with Crippen LogP contribution in [0, 0.1) is 0 Å². The Labute approximate surface area is 228 Å². The van der Waals surface area contributed by atoms with Gasteiger partial charge in [0, 0.05) is 18.6 Å². The number of ether oxygens (including phenoxy) is 1. The van der Waals surface area contributed by atoms with Gasteiger partial charge < -0.3 is 14.0 Å². The fraction of sp³-hybridized carbons (Fsp3) is 0.406. The van der Waals surface area contributed by atoms with Crippen LogP contribution in [0.1, 0.15) is 76.7 Å². The van der Waals surface area contributed by atoms with E-state index in [4.69, 9.17) is 14.0 Å². The average molecular weight is 513 g/mol. The van der Waals surface area contributed by atoms with Gasteiger partial charge >= 0.3 is 13.1 Å². The lowest BCUT2D eigenvalue weighted by Gasteiger charge is -2.37. The van der Waals surface area contributed by atoms with Gasteiger partial charge in [0.25, 0.3) is 0 Å². The van der Waals surface area contributed by atoms with Crippen LogP contribution in [0.2, 0.25) is 0 Å². The van der Waals surface area contributed by atoms with Gasteiger partial charge in [0.05, 0.1) is 24.2 Å². The second-order valence-electron chi connectivity index (χ2n) is 11.0. The van der Waals surface area contributed by atoms with Gasteiger partial charge in [-0.05, 0) is 63.7 Å². The first-order chi connectivity index (χ1) is 18.1. The van der Waals surface area contributed by atoms with Crippen LogP contribution in [0.4, 0.5) is 0 Å². The molecule has 1 aliphatic rings. The Kier molecular flexibility index (Phi) is 8.76. The molecule has 4 rings (SSSR count). The van der Waals surface area contributed by atoms with E-state index in [0.717, 1.165) is 11.0 Å². The molecule has 2 atom stereocenters. The Bertz CT molecular complexity index is 1180. The number of rotatable bonds is 10. The molecule has 0 amide bonds. The predicted octanol–water partition coefficient (Wildman–Crippen LogP) is 6.24. The van der Waals surface area contributed by atoms with Gasteiger partial charge in [-0.1, -0.05) is 84.9 Å².